The first kappa shape index (κ1) is 19.7. The molecule has 26 heavy (non-hydrogen) atoms. The zero-order valence-corrected chi connectivity index (χ0v) is 15.4. The van der Waals surface area contributed by atoms with Gasteiger partial charge >= 0.3 is 12.1 Å². The lowest BCUT2D eigenvalue weighted by molar-refractivity contribution is -0.114. The van der Waals surface area contributed by atoms with Gasteiger partial charge in [0.2, 0.25) is 0 Å². The van der Waals surface area contributed by atoms with Crippen LogP contribution in [0.25, 0.3) is 0 Å². The fraction of sp³-hybridized carbons (Fsp3) is 0.450. The first-order chi connectivity index (χ1) is 12.5. The Bertz CT molecular complexity index is 657. The average molecular weight is 358 g/mol. The number of allylic oxidation sites excluding steroid dienone is 1. The molecule has 0 N–H and O–H groups in total. The predicted octanol–water partition coefficient (Wildman–Crippen LogP) is 3.76. The van der Waals surface area contributed by atoms with E-state index in [1.54, 1.807) is 13.1 Å². The number of ketones is 1. The van der Waals surface area contributed by atoms with Crippen LogP contribution in [0.2, 0.25) is 0 Å². The SMILES string of the molecule is CCCCCC(=O)/C=C/C1CN(C(=O)OCc2ccccc2)C(=O)N1C. The van der Waals surface area contributed by atoms with Crippen LogP contribution in [-0.4, -0.2) is 47.3 Å². The molecule has 1 heterocycles. The molecule has 1 unspecified atom stereocenters. The van der Waals surface area contributed by atoms with E-state index in [4.69, 9.17) is 4.74 Å². The van der Waals surface area contributed by atoms with Crippen LogP contribution in [0.15, 0.2) is 42.5 Å². The van der Waals surface area contributed by atoms with E-state index >= 15 is 0 Å². The third-order valence-corrected chi connectivity index (χ3v) is 4.36. The minimum absolute atomic E-state index is 0.0457. The van der Waals surface area contributed by atoms with Crippen LogP contribution in [0.3, 0.4) is 0 Å². The third-order valence-electron chi connectivity index (χ3n) is 4.36. The topological polar surface area (TPSA) is 66.9 Å². The summed E-state index contributed by atoms with van der Waals surface area (Å²) < 4.78 is 5.22. The maximum atomic E-state index is 12.3. The van der Waals surface area contributed by atoms with Crippen molar-refractivity contribution in [2.45, 2.75) is 45.3 Å². The zero-order valence-electron chi connectivity index (χ0n) is 15.4. The van der Waals surface area contributed by atoms with Gasteiger partial charge in [-0.2, -0.15) is 0 Å². The summed E-state index contributed by atoms with van der Waals surface area (Å²) in [5, 5.41) is 0. The summed E-state index contributed by atoms with van der Waals surface area (Å²) in [5.41, 5.74) is 0.856. The lowest BCUT2D eigenvalue weighted by Crippen LogP contribution is -2.35. The zero-order chi connectivity index (χ0) is 18.9. The van der Waals surface area contributed by atoms with E-state index in [1.807, 2.05) is 30.3 Å². The number of carbonyl (C=O) groups excluding carboxylic acids is 3. The van der Waals surface area contributed by atoms with Crippen LogP contribution in [0.4, 0.5) is 9.59 Å². The van der Waals surface area contributed by atoms with Crippen molar-refractivity contribution in [2.24, 2.45) is 0 Å². The Kier molecular flexibility index (Phi) is 7.38. The van der Waals surface area contributed by atoms with E-state index in [0.29, 0.717) is 6.42 Å². The second kappa shape index (κ2) is 9.75. The first-order valence-electron chi connectivity index (χ1n) is 8.99. The molecule has 140 valence electrons. The first-order valence-corrected chi connectivity index (χ1v) is 8.99. The molecule has 2 rings (SSSR count). The van der Waals surface area contributed by atoms with E-state index < -0.39 is 12.1 Å². The number of ether oxygens (including phenoxy) is 1. The standard InChI is InChI=1S/C20H26N2O4/c1-3-4-6-11-18(23)13-12-17-14-22(19(24)21(17)2)20(25)26-15-16-9-7-5-8-10-16/h5,7-10,12-13,17H,3-4,6,11,14-15H2,1-2H3/b13-12+. The molecule has 0 saturated carbocycles. The number of hydrogen-bond acceptors (Lipinski definition) is 4. The fourth-order valence-corrected chi connectivity index (χ4v) is 2.71. The van der Waals surface area contributed by atoms with Crippen LogP contribution in [0.5, 0.6) is 0 Å². The highest BCUT2D eigenvalue weighted by atomic mass is 16.6. The molecule has 0 radical (unpaired) electrons. The Balaban J connectivity index is 1.86. The summed E-state index contributed by atoms with van der Waals surface area (Å²) >= 11 is 0. The molecule has 1 atom stereocenters. The van der Waals surface area contributed by atoms with Gasteiger partial charge in [0, 0.05) is 13.5 Å². The van der Waals surface area contributed by atoms with Gasteiger partial charge < -0.3 is 9.64 Å². The lowest BCUT2D eigenvalue weighted by atomic mass is 10.1. The van der Waals surface area contributed by atoms with Crippen molar-refractivity contribution in [1.82, 2.24) is 9.80 Å². The second-order valence-electron chi connectivity index (χ2n) is 6.39. The molecule has 0 bridgehead atoms. The molecule has 1 aliphatic rings. The largest absolute Gasteiger partial charge is 0.444 e. The van der Waals surface area contributed by atoms with E-state index in [-0.39, 0.29) is 25.0 Å². The van der Waals surface area contributed by atoms with Crippen LogP contribution in [0, 0.1) is 0 Å². The Hall–Kier alpha value is -2.63. The number of urea groups is 1. The number of imide groups is 1. The lowest BCUT2D eigenvalue weighted by Gasteiger charge is -2.14. The predicted molar refractivity (Wildman–Crippen MR) is 98.6 cm³/mol. The highest BCUT2D eigenvalue weighted by Crippen LogP contribution is 2.17. The van der Waals surface area contributed by atoms with Crippen molar-refractivity contribution in [3.8, 4) is 0 Å². The monoisotopic (exact) mass is 358 g/mol. The molecule has 6 nitrogen and oxygen atoms in total. The number of rotatable bonds is 8. The van der Waals surface area contributed by atoms with Crippen LogP contribution in [0.1, 0.15) is 38.2 Å². The summed E-state index contributed by atoms with van der Waals surface area (Å²) in [6.45, 7) is 2.39. The maximum Gasteiger partial charge on any atom is 0.418 e. The van der Waals surface area contributed by atoms with Crippen LogP contribution >= 0.6 is 0 Å². The highest BCUT2D eigenvalue weighted by molar-refractivity contribution is 5.93. The van der Waals surface area contributed by atoms with Crippen molar-refractivity contribution in [3.63, 3.8) is 0 Å². The number of amides is 3. The summed E-state index contributed by atoms with van der Waals surface area (Å²) in [5.74, 6) is 0.0457. The summed E-state index contributed by atoms with van der Waals surface area (Å²) in [4.78, 5) is 38.8. The fourth-order valence-electron chi connectivity index (χ4n) is 2.71. The molecule has 1 fully saturated rings. The summed E-state index contributed by atoms with van der Waals surface area (Å²) in [7, 11) is 1.61. The molecule has 0 aliphatic carbocycles. The van der Waals surface area contributed by atoms with E-state index in [1.165, 1.54) is 11.0 Å². The molecule has 1 saturated heterocycles. The summed E-state index contributed by atoms with van der Waals surface area (Å²) in [6, 6.07) is 8.55. The molecule has 0 aromatic heterocycles. The van der Waals surface area contributed by atoms with Crippen molar-refractivity contribution in [1.29, 1.82) is 0 Å². The Morgan fingerprint density at radius 3 is 2.65 bits per heavy atom. The number of hydrogen-bond donors (Lipinski definition) is 0. The smallest absolute Gasteiger partial charge is 0.418 e. The van der Waals surface area contributed by atoms with Gasteiger partial charge in [-0.05, 0) is 18.1 Å². The van der Waals surface area contributed by atoms with Gasteiger partial charge in [0.1, 0.15) is 6.61 Å². The number of nitrogens with zero attached hydrogens (tertiary/aromatic N) is 2. The molecular formula is C20H26N2O4. The number of likely N-dealkylation sites (N-methyl/N-ethyl adjacent to an activating group) is 1. The van der Waals surface area contributed by atoms with E-state index in [9.17, 15) is 14.4 Å². The van der Waals surface area contributed by atoms with Crippen molar-refractivity contribution < 1.29 is 19.1 Å². The number of unbranched alkanes of at least 4 members (excludes halogenated alkanes) is 2. The minimum atomic E-state index is -0.670. The van der Waals surface area contributed by atoms with Gasteiger partial charge in [0.15, 0.2) is 5.78 Å². The van der Waals surface area contributed by atoms with Gasteiger partial charge in [-0.25, -0.2) is 14.5 Å². The van der Waals surface area contributed by atoms with E-state index in [0.717, 1.165) is 29.7 Å². The van der Waals surface area contributed by atoms with Gasteiger partial charge in [0.25, 0.3) is 0 Å². The number of benzene rings is 1. The quantitative estimate of drug-likeness (QED) is 0.524. The Morgan fingerprint density at radius 1 is 1.23 bits per heavy atom. The van der Waals surface area contributed by atoms with Gasteiger partial charge in [-0.15, -0.1) is 0 Å². The van der Waals surface area contributed by atoms with Crippen LogP contribution in [-0.2, 0) is 16.1 Å². The molecular weight excluding hydrogens is 332 g/mol. The Labute approximate surface area is 154 Å². The van der Waals surface area contributed by atoms with Crippen LogP contribution < -0.4 is 0 Å². The maximum absolute atomic E-state index is 12.3. The molecule has 1 aromatic rings. The van der Waals surface area contributed by atoms with Gasteiger partial charge in [0.05, 0.1) is 12.6 Å². The molecule has 3 amide bonds. The van der Waals surface area contributed by atoms with Crippen molar-refractivity contribution >= 4 is 17.9 Å². The van der Waals surface area contributed by atoms with E-state index in [2.05, 4.69) is 6.92 Å². The summed E-state index contributed by atoms with van der Waals surface area (Å²) in [6.07, 6.45) is 6.02. The highest BCUT2D eigenvalue weighted by Gasteiger charge is 2.38. The minimum Gasteiger partial charge on any atom is -0.444 e. The molecule has 0 spiro atoms. The Morgan fingerprint density at radius 2 is 1.96 bits per heavy atom. The average Bonchev–Trinajstić information content (AvgIpc) is 2.94. The third kappa shape index (κ3) is 5.44. The number of carbonyl (C=O) groups is 3. The normalized spacial score (nSPS) is 17.2. The van der Waals surface area contributed by atoms with Crippen molar-refractivity contribution in [2.75, 3.05) is 13.6 Å². The van der Waals surface area contributed by atoms with Crippen molar-refractivity contribution in [3.05, 3.63) is 48.0 Å². The molecule has 1 aromatic carbocycles. The second-order valence-corrected chi connectivity index (χ2v) is 6.39. The molecule has 1 aliphatic heterocycles. The van der Waals surface area contributed by atoms with Gasteiger partial charge in [-0.3, -0.25) is 4.79 Å². The molecule has 6 heteroatoms. The van der Waals surface area contributed by atoms with Gasteiger partial charge in [-0.1, -0.05) is 56.2 Å².